The van der Waals surface area contributed by atoms with E-state index in [-0.39, 0.29) is 11.3 Å². The van der Waals surface area contributed by atoms with Gasteiger partial charge in [-0.25, -0.2) is 5.43 Å². The lowest BCUT2D eigenvalue weighted by molar-refractivity contribution is -0.0507. The number of amides is 1. The molecule has 2 aromatic heterocycles. The first-order chi connectivity index (χ1) is 13.5. The summed E-state index contributed by atoms with van der Waals surface area (Å²) < 4.78 is 35.5. The zero-order valence-electron chi connectivity index (χ0n) is 14.3. The van der Waals surface area contributed by atoms with Gasteiger partial charge in [-0.1, -0.05) is 11.6 Å². The molecule has 0 bridgehead atoms. The molecule has 3 aromatic rings. The molecule has 4 rings (SSSR count). The lowest BCUT2D eigenvalue weighted by atomic mass is 9.99. The summed E-state index contributed by atoms with van der Waals surface area (Å²) in [5.74, 6) is -0.411. The van der Waals surface area contributed by atoms with E-state index in [1.807, 2.05) is 0 Å². The SMILES string of the molecule is O=C(NC1CNNC1c1cc(Cl)ccc1OC(F)F)c1coc2cccnc12. The summed E-state index contributed by atoms with van der Waals surface area (Å²) in [5.41, 5.74) is 7.51. The van der Waals surface area contributed by atoms with E-state index in [0.29, 0.717) is 28.2 Å². The number of aromatic nitrogens is 1. The van der Waals surface area contributed by atoms with Crippen LogP contribution in [-0.4, -0.2) is 30.1 Å². The minimum atomic E-state index is -2.98. The van der Waals surface area contributed by atoms with Crippen molar-refractivity contribution in [3.63, 3.8) is 0 Å². The van der Waals surface area contributed by atoms with Crippen LogP contribution in [-0.2, 0) is 0 Å². The molecule has 2 atom stereocenters. The highest BCUT2D eigenvalue weighted by atomic mass is 35.5. The van der Waals surface area contributed by atoms with E-state index < -0.39 is 24.6 Å². The summed E-state index contributed by atoms with van der Waals surface area (Å²) in [7, 11) is 0. The molecule has 0 saturated carbocycles. The highest BCUT2D eigenvalue weighted by Crippen LogP contribution is 2.32. The predicted molar refractivity (Wildman–Crippen MR) is 97.2 cm³/mol. The van der Waals surface area contributed by atoms with Crippen molar-refractivity contribution >= 4 is 28.6 Å². The molecule has 28 heavy (non-hydrogen) atoms. The second kappa shape index (κ2) is 7.70. The molecule has 3 heterocycles. The van der Waals surface area contributed by atoms with Gasteiger partial charge < -0.3 is 14.5 Å². The van der Waals surface area contributed by atoms with Crippen LogP contribution in [0.25, 0.3) is 11.1 Å². The molecule has 1 aliphatic heterocycles. The maximum absolute atomic E-state index is 12.8. The number of furan rings is 1. The van der Waals surface area contributed by atoms with Gasteiger partial charge in [0.2, 0.25) is 0 Å². The zero-order chi connectivity index (χ0) is 19.7. The standard InChI is InChI=1S/C18H15ClF2N4O3/c19-9-3-4-13(28-18(20)21)10(6-9)15-12(7-23-25-15)24-17(26)11-8-27-14-2-1-5-22-16(11)14/h1-6,8,12,15,18,23,25H,7H2,(H,24,26). The minimum Gasteiger partial charge on any atom is -0.462 e. The fourth-order valence-electron chi connectivity index (χ4n) is 3.17. The van der Waals surface area contributed by atoms with Crippen LogP contribution in [0.15, 0.2) is 47.2 Å². The number of pyridine rings is 1. The van der Waals surface area contributed by atoms with E-state index in [0.717, 1.165) is 0 Å². The van der Waals surface area contributed by atoms with Crippen LogP contribution in [0.4, 0.5) is 8.78 Å². The summed E-state index contributed by atoms with van der Waals surface area (Å²) in [5, 5.41) is 3.23. The third kappa shape index (κ3) is 3.64. The molecule has 0 aliphatic carbocycles. The van der Waals surface area contributed by atoms with Crippen LogP contribution < -0.4 is 20.9 Å². The molecule has 1 fully saturated rings. The summed E-state index contributed by atoms with van der Waals surface area (Å²) in [6.07, 6.45) is 2.90. The number of alkyl halides is 2. The van der Waals surface area contributed by atoms with Crippen molar-refractivity contribution in [1.29, 1.82) is 0 Å². The maximum Gasteiger partial charge on any atom is 0.387 e. The third-order valence-electron chi connectivity index (χ3n) is 4.40. The Morgan fingerprint density at radius 1 is 1.39 bits per heavy atom. The largest absolute Gasteiger partial charge is 0.462 e. The van der Waals surface area contributed by atoms with Crippen LogP contribution in [0.3, 0.4) is 0 Å². The van der Waals surface area contributed by atoms with E-state index in [4.69, 9.17) is 16.0 Å². The lowest BCUT2D eigenvalue weighted by Gasteiger charge is -2.22. The number of benzene rings is 1. The van der Waals surface area contributed by atoms with E-state index >= 15 is 0 Å². The first kappa shape index (κ1) is 18.6. The molecular formula is C18H15ClF2N4O3. The second-order valence-corrected chi connectivity index (χ2v) is 6.58. The molecule has 10 heteroatoms. The monoisotopic (exact) mass is 408 g/mol. The molecule has 1 amide bonds. The van der Waals surface area contributed by atoms with Crippen LogP contribution in [0.5, 0.6) is 5.75 Å². The van der Waals surface area contributed by atoms with Gasteiger partial charge in [-0.2, -0.15) is 8.78 Å². The van der Waals surface area contributed by atoms with Crippen molar-refractivity contribution in [3.8, 4) is 5.75 Å². The average Bonchev–Trinajstić information content (AvgIpc) is 3.29. The Labute approximate surface area is 163 Å². The summed E-state index contributed by atoms with van der Waals surface area (Å²) in [6, 6.07) is 6.77. The molecule has 0 radical (unpaired) electrons. The van der Waals surface area contributed by atoms with Crippen molar-refractivity contribution in [1.82, 2.24) is 21.2 Å². The van der Waals surface area contributed by atoms with Gasteiger partial charge in [-0.3, -0.25) is 15.2 Å². The molecule has 2 unspecified atom stereocenters. The second-order valence-electron chi connectivity index (χ2n) is 6.14. The summed E-state index contributed by atoms with van der Waals surface area (Å²) in [4.78, 5) is 16.9. The van der Waals surface area contributed by atoms with Crippen LogP contribution >= 0.6 is 11.6 Å². The fourth-order valence-corrected chi connectivity index (χ4v) is 3.35. The highest BCUT2D eigenvalue weighted by molar-refractivity contribution is 6.30. The van der Waals surface area contributed by atoms with Gasteiger partial charge in [0.25, 0.3) is 5.91 Å². The van der Waals surface area contributed by atoms with Crippen molar-refractivity contribution in [2.45, 2.75) is 18.7 Å². The highest BCUT2D eigenvalue weighted by Gasteiger charge is 2.33. The maximum atomic E-state index is 12.8. The first-order valence-electron chi connectivity index (χ1n) is 8.38. The molecule has 7 nitrogen and oxygen atoms in total. The van der Waals surface area contributed by atoms with Gasteiger partial charge in [-0.15, -0.1) is 0 Å². The molecule has 1 saturated heterocycles. The minimum absolute atomic E-state index is 0.0183. The smallest absolute Gasteiger partial charge is 0.387 e. The number of fused-ring (bicyclic) bond motifs is 1. The van der Waals surface area contributed by atoms with Crippen molar-refractivity contribution in [3.05, 3.63) is 58.9 Å². The predicted octanol–water partition coefficient (Wildman–Crippen LogP) is 3.03. The van der Waals surface area contributed by atoms with Crippen molar-refractivity contribution < 1.29 is 22.7 Å². The molecular weight excluding hydrogens is 394 g/mol. The Morgan fingerprint density at radius 3 is 3.07 bits per heavy atom. The average molecular weight is 409 g/mol. The topological polar surface area (TPSA) is 88.4 Å². The number of hydrogen-bond donors (Lipinski definition) is 3. The van der Waals surface area contributed by atoms with Gasteiger partial charge in [-0.05, 0) is 30.3 Å². The van der Waals surface area contributed by atoms with Crippen LogP contribution in [0.2, 0.25) is 5.02 Å². The number of nitrogens with one attached hydrogen (secondary N) is 3. The Bertz CT molecular complexity index is 1010. The van der Waals surface area contributed by atoms with Crippen LogP contribution in [0, 0.1) is 0 Å². The summed E-state index contributed by atoms with van der Waals surface area (Å²) >= 11 is 6.03. The Kier molecular flexibility index (Phi) is 5.12. The number of halogens is 3. The van der Waals surface area contributed by atoms with Gasteiger partial charge in [0.15, 0.2) is 5.58 Å². The number of rotatable bonds is 5. The summed E-state index contributed by atoms with van der Waals surface area (Å²) in [6.45, 7) is -2.62. The number of nitrogens with zero attached hydrogens (tertiary/aromatic N) is 1. The molecule has 146 valence electrons. The van der Waals surface area contributed by atoms with Crippen LogP contribution in [0.1, 0.15) is 22.0 Å². The van der Waals surface area contributed by atoms with E-state index in [1.54, 1.807) is 18.3 Å². The van der Waals surface area contributed by atoms with E-state index in [1.165, 1.54) is 24.5 Å². The molecule has 1 aliphatic rings. The Hall–Kier alpha value is -2.75. The zero-order valence-corrected chi connectivity index (χ0v) is 15.0. The number of ether oxygens (including phenoxy) is 1. The number of carbonyl (C=O) groups is 1. The quantitative estimate of drug-likeness (QED) is 0.601. The van der Waals surface area contributed by atoms with Gasteiger partial charge in [0.1, 0.15) is 23.1 Å². The van der Waals surface area contributed by atoms with E-state index in [2.05, 4.69) is 25.9 Å². The normalized spacial score (nSPS) is 19.3. The van der Waals surface area contributed by atoms with Gasteiger partial charge >= 0.3 is 6.61 Å². The Morgan fingerprint density at radius 2 is 2.25 bits per heavy atom. The number of hydrogen-bond acceptors (Lipinski definition) is 6. The third-order valence-corrected chi connectivity index (χ3v) is 4.63. The van der Waals surface area contributed by atoms with Gasteiger partial charge in [0.05, 0.1) is 12.1 Å². The van der Waals surface area contributed by atoms with Gasteiger partial charge in [0, 0.05) is 23.3 Å². The molecule has 3 N–H and O–H groups in total. The Balaban J connectivity index is 1.59. The number of hydrazine groups is 1. The van der Waals surface area contributed by atoms with Crippen molar-refractivity contribution in [2.24, 2.45) is 0 Å². The molecule has 0 spiro atoms. The fraction of sp³-hybridized carbons (Fsp3) is 0.222. The van der Waals surface area contributed by atoms with Crippen molar-refractivity contribution in [2.75, 3.05) is 6.54 Å². The van der Waals surface area contributed by atoms with E-state index in [9.17, 15) is 13.6 Å². The first-order valence-corrected chi connectivity index (χ1v) is 8.76. The molecule has 1 aromatic carbocycles. The number of carbonyl (C=O) groups excluding carboxylic acids is 1. The lowest BCUT2D eigenvalue weighted by Crippen LogP contribution is -2.40.